The van der Waals surface area contributed by atoms with E-state index in [-0.39, 0.29) is 11.5 Å². The molecule has 144 valence electrons. The van der Waals surface area contributed by atoms with Crippen molar-refractivity contribution in [1.82, 2.24) is 0 Å². The smallest absolute Gasteiger partial charge is 0.331 e. The second-order valence-corrected chi connectivity index (χ2v) is 6.94. The molecule has 0 bridgehead atoms. The molecule has 2 aromatic rings. The Balaban J connectivity index is 1.93. The zero-order chi connectivity index (χ0) is 20.4. The molecular weight excluding hydrogens is 376 g/mol. The fourth-order valence-electron chi connectivity index (χ4n) is 2.14. The molecule has 0 spiro atoms. The zero-order valence-electron chi connectivity index (χ0n) is 15.7. The maximum absolute atomic E-state index is 12.2. The molecule has 0 atom stereocenters. The third-order valence-corrected chi connectivity index (χ3v) is 4.53. The maximum atomic E-state index is 12.2. The molecule has 28 heavy (non-hydrogen) atoms. The second kappa shape index (κ2) is 10.9. The van der Waals surface area contributed by atoms with E-state index in [0.29, 0.717) is 25.0 Å². The molecule has 0 saturated heterocycles. The first kappa shape index (κ1) is 21.2. The van der Waals surface area contributed by atoms with Crippen LogP contribution >= 0.6 is 11.8 Å². The summed E-state index contributed by atoms with van der Waals surface area (Å²) in [5.74, 6) is -0.0982. The first-order chi connectivity index (χ1) is 13.5. The van der Waals surface area contributed by atoms with Crippen LogP contribution < -0.4 is 4.74 Å². The largest absolute Gasteiger partial charge is 0.494 e. The fourth-order valence-corrected chi connectivity index (χ4v) is 2.96. The highest BCUT2D eigenvalue weighted by Gasteiger charge is 2.11. The predicted octanol–water partition coefficient (Wildman–Crippen LogP) is 4.64. The molecule has 0 amide bonds. The van der Waals surface area contributed by atoms with E-state index in [2.05, 4.69) is 16.1 Å². The molecule has 0 aromatic heterocycles. The number of hydrogen-bond donors (Lipinski definition) is 0. The number of rotatable bonds is 9. The summed E-state index contributed by atoms with van der Waals surface area (Å²) < 4.78 is 5.57. The predicted molar refractivity (Wildman–Crippen MR) is 107 cm³/mol. The van der Waals surface area contributed by atoms with Gasteiger partial charge in [-0.3, -0.25) is 4.79 Å². The number of nitriles is 1. The third kappa shape index (κ3) is 6.89. The van der Waals surface area contributed by atoms with Gasteiger partial charge in [-0.25, -0.2) is 4.79 Å². The van der Waals surface area contributed by atoms with Crippen molar-refractivity contribution in [3.63, 3.8) is 0 Å². The number of Topliss-reactive ketones (excluding diaryl/α,β-unsaturated/α-hetero) is 1. The summed E-state index contributed by atoms with van der Waals surface area (Å²) in [5.41, 5.74) is 0.583. The van der Waals surface area contributed by atoms with E-state index in [0.717, 1.165) is 15.5 Å². The lowest BCUT2D eigenvalue weighted by Gasteiger charge is -2.07. The first-order valence-corrected chi connectivity index (χ1v) is 9.46. The summed E-state index contributed by atoms with van der Waals surface area (Å²) in [4.78, 5) is 29.5. The molecule has 0 unspecified atom stereocenters. The monoisotopic (exact) mass is 396 g/mol. The van der Waals surface area contributed by atoms with Gasteiger partial charge in [-0.05, 0) is 61.9 Å². The summed E-state index contributed by atoms with van der Waals surface area (Å²) in [7, 11) is 0. The number of hydrogen-bond acceptors (Lipinski definition) is 7. The summed E-state index contributed by atoms with van der Waals surface area (Å²) in [5, 5.41) is 12.0. The van der Waals surface area contributed by atoms with Crippen LogP contribution in [-0.4, -0.2) is 24.1 Å². The van der Waals surface area contributed by atoms with Crippen molar-refractivity contribution in [3.05, 3.63) is 54.1 Å². The molecule has 0 fully saturated rings. The minimum atomic E-state index is -0.572. The Bertz CT molecular complexity index is 884. The van der Waals surface area contributed by atoms with Crippen LogP contribution in [-0.2, 0) is 9.63 Å². The number of nitrogens with zero attached hydrogens (tertiary/aromatic N) is 2. The maximum Gasteiger partial charge on any atom is 0.331 e. The van der Waals surface area contributed by atoms with Crippen LogP contribution in [0.15, 0.2) is 63.5 Å². The number of benzene rings is 2. The minimum absolute atomic E-state index is 0.112. The normalized spacial score (nSPS) is 10.8. The van der Waals surface area contributed by atoms with Crippen molar-refractivity contribution in [2.24, 2.45) is 5.16 Å². The van der Waals surface area contributed by atoms with Crippen molar-refractivity contribution in [1.29, 1.82) is 5.26 Å². The number of carbonyl (C=O) groups is 2. The average Bonchev–Trinajstić information content (AvgIpc) is 2.70. The van der Waals surface area contributed by atoms with Crippen molar-refractivity contribution >= 4 is 29.2 Å². The number of unbranched alkanes of at least 4 members (excludes halogenated alkanes) is 1. The second-order valence-electron chi connectivity index (χ2n) is 5.80. The lowest BCUT2D eigenvalue weighted by Crippen LogP contribution is -2.11. The number of ketones is 1. The van der Waals surface area contributed by atoms with E-state index in [1.807, 2.05) is 36.4 Å². The van der Waals surface area contributed by atoms with Crippen LogP contribution in [0, 0.1) is 11.3 Å². The van der Waals surface area contributed by atoms with Crippen LogP contribution in [0.4, 0.5) is 0 Å². The van der Waals surface area contributed by atoms with Crippen LogP contribution in [0.1, 0.15) is 37.0 Å². The zero-order valence-corrected chi connectivity index (χ0v) is 16.5. The van der Waals surface area contributed by atoms with Gasteiger partial charge in [0.1, 0.15) is 11.5 Å². The minimum Gasteiger partial charge on any atom is -0.494 e. The molecule has 0 N–H and O–H groups in total. The molecule has 0 aliphatic rings. The SMILES string of the molecule is CC(=O)O/N=C(\C)C(=O)c1ccc(Sc2ccc(OCCCC#N)cc2)cc1. The summed E-state index contributed by atoms with van der Waals surface area (Å²) >= 11 is 1.56. The molecule has 2 aromatic carbocycles. The Morgan fingerprint density at radius 1 is 1.04 bits per heavy atom. The molecule has 2 rings (SSSR count). The van der Waals surface area contributed by atoms with Gasteiger partial charge < -0.3 is 9.57 Å². The third-order valence-electron chi connectivity index (χ3n) is 3.52. The van der Waals surface area contributed by atoms with Crippen molar-refractivity contribution in [3.8, 4) is 11.8 Å². The number of oxime groups is 1. The van der Waals surface area contributed by atoms with E-state index in [1.165, 1.54) is 13.8 Å². The highest BCUT2D eigenvalue weighted by molar-refractivity contribution is 7.99. The van der Waals surface area contributed by atoms with Gasteiger partial charge in [-0.15, -0.1) is 0 Å². The highest BCUT2D eigenvalue weighted by atomic mass is 32.2. The van der Waals surface area contributed by atoms with Crippen molar-refractivity contribution in [2.45, 2.75) is 36.5 Å². The molecule has 0 aliphatic carbocycles. The van der Waals surface area contributed by atoms with Crippen LogP contribution in [0.5, 0.6) is 5.75 Å². The van der Waals surface area contributed by atoms with Crippen molar-refractivity contribution in [2.75, 3.05) is 6.61 Å². The van der Waals surface area contributed by atoms with Gasteiger partial charge in [0.2, 0.25) is 5.78 Å². The highest BCUT2D eigenvalue weighted by Crippen LogP contribution is 2.29. The topological polar surface area (TPSA) is 88.8 Å². The van der Waals surface area contributed by atoms with E-state index in [9.17, 15) is 9.59 Å². The first-order valence-electron chi connectivity index (χ1n) is 8.64. The van der Waals surface area contributed by atoms with Gasteiger partial charge in [0, 0.05) is 28.7 Å². The van der Waals surface area contributed by atoms with Gasteiger partial charge in [0.15, 0.2) is 0 Å². The fraction of sp³-hybridized carbons (Fsp3) is 0.238. The van der Waals surface area contributed by atoms with Crippen LogP contribution in [0.3, 0.4) is 0 Å². The van der Waals surface area contributed by atoms with Gasteiger partial charge in [0.05, 0.1) is 12.7 Å². The van der Waals surface area contributed by atoms with Gasteiger partial charge in [0.25, 0.3) is 0 Å². The lowest BCUT2D eigenvalue weighted by molar-refractivity contribution is -0.140. The molecule has 0 heterocycles. The quantitative estimate of drug-likeness (QED) is 0.202. The number of carbonyl (C=O) groups excluding carboxylic acids is 2. The Hall–Kier alpha value is -3.11. The Morgan fingerprint density at radius 2 is 1.64 bits per heavy atom. The molecule has 7 heteroatoms. The average molecular weight is 396 g/mol. The van der Waals surface area contributed by atoms with Crippen LogP contribution in [0.25, 0.3) is 0 Å². The van der Waals surface area contributed by atoms with E-state index in [1.54, 1.807) is 23.9 Å². The van der Waals surface area contributed by atoms with E-state index >= 15 is 0 Å². The Labute approximate surface area is 168 Å². The summed E-state index contributed by atoms with van der Waals surface area (Å²) in [6, 6.07) is 16.9. The van der Waals surface area contributed by atoms with Crippen LogP contribution in [0.2, 0.25) is 0 Å². The standard InChI is InChI=1S/C21H20N2O4S/c1-15(23-27-16(2)24)21(25)17-5-9-19(10-6-17)28-20-11-7-18(8-12-20)26-14-4-3-13-22/h5-12H,3-4,14H2,1-2H3/b23-15+. The van der Waals surface area contributed by atoms with Gasteiger partial charge in [-0.2, -0.15) is 5.26 Å². The lowest BCUT2D eigenvalue weighted by atomic mass is 10.1. The molecule has 0 saturated carbocycles. The summed E-state index contributed by atoms with van der Waals surface area (Å²) in [6.45, 7) is 3.24. The molecular formula is C21H20N2O4S. The van der Waals surface area contributed by atoms with E-state index in [4.69, 9.17) is 10.00 Å². The molecule has 6 nitrogen and oxygen atoms in total. The van der Waals surface area contributed by atoms with E-state index < -0.39 is 5.97 Å². The van der Waals surface area contributed by atoms with Crippen molar-refractivity contribution < 1.29 is 19.2 Å². The molecule has 0 radical (unpaired) electrons. The summed E-state index contributed by atoms with van der Waals surface area (Å²) in [6.07, 6.45) is 1.20. The van der Waals surface area contributed by atoms with Gasteiger partial charge >= 0.3 is 5.97 Å². The Kier molecular flexibility index (Phi) is 8.25. The van der Waals surface area contributed by atoms with Gasteiger partial charge in [-0.1, -0.05) is 16.9 Å². The Morgan fingerprint density at radius 3 is 2.21 bits per heavy atom. The molecule has 0 aliphatic heterocycles. The number of ether oxygens (including phenoxy) is 1.